The van der Waals surface area contributed by atoms with Gasteiger partial charge in [0.1, 0.15) is 0 Å². The quantitative estimate of drug-likeness (QED) is 0.284. The zero-order valence-corrected chi connectivity index (χ0v) is 19.3. The lowest BCUT2D eigenvalue weighted by Crippen LogP contribution is -2.23. The van der Waals surface area contributed by atoms with E-state index < -0.39 is 0 Å². The monoisotopic (exact) mass is 466 g/mol. The van der Waals surface area contributed by atoms with Crippen molar-refractivity contribution in [1.29, 1.82) is 0 Å². The number of nitrogens with two attached hydrogens (primary N) is 1. The first kappa shape index (κ1) is 20.7. The molecule has 6 nitrogen and oxygen atoms in total. The van der Waals surface area contributed by atoms with E-state index in [1.807, 2.05) is 61.5 Å². The number of amides is 2. The van der Waals surface area contributed by atoms with Crippen molar-refractivity contribution in [3.05, 3.63) is 92.9 Å². The zero-order chi connectivity index (χ0) is 23.4. The highest BCUT2D eigenvalue weighted by atomic mass is 32.1. The number of aromatic amines is 2. The number of nitrogens with one attached hydrogen (secondary N) is 3. The summed E-state index contributed by atoms with van der Waals surface area (Å²) in [5, 5.41) is 4.40. The van der Waals surface area contributed by atoms with E-state index in [-0.39, 0.29) is 11.8 Å². The van der Waals surface area contributed by atoms with Crippen LogP contribution in [0.1, 0.15) is 32.3 Å². The second kappa shape index (κ2) is 7.83. The van der Waals surface area contributed by atoms with Crippen LogP contribution in [0.3, 0.4) is 0 Å². The maximum Gasteiger partial charge on any atom is 0.259 e. The Morgan fingerprint density at radius 1 is 0.765 bits per heavy atom. The number of benzene rings is 2. The summed E-state index contributed by atoms with van der Waals surface area (Å²) in [7, 11) is 0. The van der Waals surface area contributed by atoms with Crippen LogP contribution in [-0.4, -0.2) is 21.8 Å². The lowest BCUT2D eigenvalue weighted by molar-refractivity contribution is -0.122. The third kappa shape index (κ3) is 3.13. The number of fused-ring (bicyclic) bond motifs is 2. The fourth-order valence-corrected chi connectivity index (χ4v) is 5.86. The van der Waals surface area contributed by atoms with Gasteiger partial charge in [-0.1, -0.05) is 36.4 Å². The lowest BCUT2D eigenvalue weighted by atomic mass is 9.92. The van der Waals surface area contributed by atoms with Gasteiger partial charge in [-0.3, -0.25) is 14.9 Å². The van der Waals surface area contributed by atoms with Crippen LogP contribution < -0.4 is 11.1 Å². The Morgan fingerprint density at radius 3 is 2.03 bits per heavy atom. The molecular formula is C27H22N4O2S. The molecule has 6 rings (SSSR count). The van der Waals surface area contributed by atoms with Gasteiger partial charge in [0.2, 0.25) is 0 Å². The Morgan fingerprint density at radius 2 is 1.35 bits per heavy atom. The third-order valence-corrected chi connectivity index (χ3v) is 7.49. The highest BCUT2D eigenvalue weighted by Gasteiger charge is 2.36. The van der Waals surface area contributed by atoms with E-state index in [1.165, 1.54) is 0 Å². The van der Waals surface area contributed by atoms with Gasteiger partial charge in [0.15, 0.2) is 0 Å². The minimum absolute atomic E-state index is 0.370. The first-order chi connectivity index (χ1) is 16.5. The van der Waals surface area contributed by atoms with Crippen molar-refractivity contribution >= 4 is 56.1 Å². The van der Waals surface area contributed by atoms with Crippen LogP contribution in [0, 0.1) is 6.92 Å². The van der Waals surface area contributed by atoms with Crippen molar-refractivity contribution in [3.63, 3.8) is 0 Å². The van der Waals surface area contributed by atoms with E-state index in [4.69, 9.17) is 5.73 Å². The Hall–Kier alpha value is -3.94. The van der Waals surface area contributed by atoms with E-state index in [1.54, 1.807) is 11.3 Å². The second-order valence-corrected chi connectivity index (χ2v) is 9.73. The molecule has 0 atom stereocenters. The van der Waals surface area contributed by atoms with E-state index in [0.717, 1.165) is 54.1 Å². The molecule has 0 unspecified atom stereocenters. The number of aryl methyl sites for hydroxylation is 1. The molecule has 34 heavy (non-hydrogen) atoms. The SMILES string of the molecule is Cc1[nH]c2ccccc2c1C1=C(c2c(Cc3ccc(CN)s3)[nH]c3ccccc23)C(=O)NC1=O. The molecule has 0 saturated heterocycles. The van der Waals surface area contributed by atoms with Gasteiger partial charge in [0.05, 0.1) is 11.1 Å². The molecule has 0 aliphatic carbocycles. The molecule has 5 N–H and O–H groups in total. The number of imide groups is 1. The summed E-state index contributed by atoms with van der Waals surface area (Å²) >= 11 is 1.66. The molecule has 2 aromatic carbocycles. The van der Waals surface area contributed by atoms with Crippen molar-refractivity contribution < 1.29 is 9.59 Å². The average Bonchev–Trinajstić information content (AvgIpc) is 3.57. The molecule has 3 aromatic heterocycles. The van der Waals surface area contributed by atoms with Crippen LogP contribution in [0.25, 0.3) is 33.0 Å². The van der Waals surface area contributed by atoms with Crippen molar-refractivity contribution in [2.75, 3.05) is 0 Å². The van der Waals surface area contributed by atoms with Crippen molar-refractivity contribution in [3.8, 4) is 0 Å². The highest BCUT2D eigenvalue weighted by Crippen LogP contribution is 2.41. The Kier molecular flexibility index (Phi) is 4.76. The molecule has 1 aliphatic rings. The van der Waals surface area contributed by atoms with E-state index in [2.05, 4.69) is 21.4 Å². The molecule has 7 heteroatoms. The summed E-state index contributed by atoms with van der Waals surface area (Å²) in [5.74, 6) is -0.741. The summed E-state index contributed by atoms with van der Waals surface area (Å²) in [5.41, 5.74) is 11.8. The first-order valence-corrected chi connectivity index (χ1v) is 11.9. The summed E-state index contributed by atoms with van der Waals surface area (Å²) in [6, 6.07) is 19.9. The molecule has 0 radical (unpaired) electrons. The van der Waals surface area contributed by atoms with Crippen molar-refractivity contribution in [1.82, 2.24) is 15.3 Å². The second-order valence-electron chi connectivity index (χ2n) is 8.48. The fourth-order valence-electron chi connectivity index (χ4n) is 4.95. The number of carbonyl (C=O) groups excluding carboxylic acids is 2. The zero-order valence-electron chi connectivity index (χ0n) is 18.5. The molecule has 2 amide bonds. The van der Waals surface area contributed by atoms with Gasteiger partial charge in [-0.2, -0.15) is 0 Å². The number of carbonyl (C=O) groups is 2. The van der Waals surface area contributed by atoms with Gasteiger partial charge in [-0.05, 0) is 31.2 Å². The van der Waals surface area contributed by atoms with Gasteiger partial charge in [-0.25, -0.2) is 0 Å². The standard InChI is InChI=1S/C27H22N4O2S/c1-14-22(17-6-2-4-8-19(17)29-14)24-25(27(33)31-26(24)32)23-18-7-3-5-9-20(18)30-21(23)12-15-10-11-16(13-28)34-15/h2-11,29-30H,12-13,28H2,1H3,(H,31,32,33). The molecule has 5 aromatic rings. The maximum atomic E-state index is 13.3. The van der Waals surface area contributed by atoms with Gasteiger partial charge >= 0.3 is 0 Å². The van der Waals surface area contributed by atoms with Crippen LogP contribution in [-0.2, 0) is 22.6 Å². The number of hydrogen-bond donors (Lipinski definition) is 4. The predicted molar refractivity (Wildman–Crippen MR) is 136 cm³/mol. The van der Waals surface area contributed by atoms with Gasteiger partial charge in [-0.15, -0.1) is 11.3 Å². The topological polar surface area (TPSA) is 104 Å². The molecule has 0 bridgehead atoms. The highest BCUT2D eigenvalue weighted by molar-refractivity contribution is 7.12. The minimum atomic E-state index is -0.371. The van der Waals surface area contributed by atoms with Crippen LogP contribution in [0.2, 0.25) is 0 Å². The van der Waals surface area contributed by atoms with Crippen LogP contribution in [0.5, 0.6) is 0 Å². The van der Waals surface area contributed by atoms with E-state index in [0.29, 0.717) is 24.1 Å². The van der Waals surface area contributed by atoms with Crippen LogP contribution in [0.4, 0.5) is 0 Å². The molecular weight excluding hydrogens is 444 g/mol. The Bertz CT molecular complexity index is 1650. The van der Waals surface area contributed by atoms with E-state index in [9.17, 15) is 9.59 Å². The fraction of sp³-hybridized carbons (Fsp3) is 0.111. The number of H-pyrrole nitrogens is 2. The number of para-hydroxylation sites is 2. The summed E-state index contributed by atoms with van der Waals surface area (Å²) in [4.78, 5) is 35.6. The third-order valence-electron chi connectivity index (χ3n) is 6.38. The smallest absolute Gasteiger partial charge is 0.259 e. The molecule has 0 saturated carbocycles. The van der Waals surface area contributed by atoms with Gasteiger partial charge in [0, 0.05) is 67.0 Å². The molecule has 4 heterocycles. The number of thiophene rings is 1. The predicted octanol–water partition coefficient (Wildman–Crippen LogP) is 4.64. The van der Waals surface area contributed by atoms with Gasteiger partial charge < -0.3 is 15.7 Å². The van der Waals surface area contributed by atoms with Crippen molar-refractivity contribution in [2.24, 2.45) is 5.73 Å². The molecule has 0 spiro atoms. The molecule has 0 fully saturated rings. The van der Waals surface area contributed by atoms with Crippen LogP contribution >= 0.6 is 11.3 Å². The Balaban J connectivity index is 1.64. The normalized spacial score (nSPS) is 14.1. The number of aromatic nitrogens is 2. The summed E-state index contributed by atoms with van der Waals surface area (Å²) in [6.45, 7) is 2.43. The number of hydrogen-bond acceptors (Lipinski definition) is 4. The van der Waals surface area contributed by atoms with Crippen molar-refractivity contribution in [2.45, 2.75) is 19.9 Å². The lowest BCUT2D eigenvalue weighted by Gasteiger charge is -2.08. The first-order valence-electron chi connectivity index (χ1n) is 11.1. The van der Waals surface area contributed by atoms with E-state index >= 15 is 0 Å². The Labute approximate surface area is 199 Å². The van der Waals surface area contributed by atoms with Gasteiger partial charge in [0.25, 0.3) is 11.8 Å². The van der Waals surface area contributed by atoms with Crippen LogP contribution in [0.15, 0.2) is 60.7 Å². The summed E-state index contributed by atoms with van der Waals surface area (Å²) in [6.07, 6.45) is 0.611. The molecule has 168 valence electrons. The molecule has 1 aliphatic heterocycles. The minimum Gasteiger partial charge on any atom is -0.358 e. The largest absolute Gasteiger partial charge is 0.358 e. The average molecular weight is 467 g/mol. The maximum absolute atomic E-state index is 13.3. The number of rotatable bonds is 5. The summed E-state index contributed by atoms with van der Waals surface area (Å²) < 4.78 is 0.